The Morgan fingerprint density at radius 3 is 2.53 bits per heavy atom. The van der Waals surface area contributed by atoms with Crippen molar-refractivity contribution in [2.45, 2.75) is 44.4 Å². The number of primary amides is 1. The van der Waals surface area contributed by atoms with E-state index in [9.17, 15) is 14.4 Å². The first-order valence-electron chi connectivity index (χ1n) is 5.37. The fraction of sp³-hybridized carbons (Fsp3) is 0.700. The molecule has 1 fully saturated rings. The molecular formula is C10H16N2O5. The van der Waals surface area contributed by atoms with Crippen LogP contribution in [0.2, 0.25) is 0 Å². The summed E-state index contributed by atoms with van der Waals surface area (Å²) in [5.74, 6) is -2.58. The molecule has 0 aromatic carbocycles. The maximum absolute atomic E-state index is 11.6. The number of nitrogens with one attached hydrogen (secondary N) is 1. The molecule has 7 heteroatoms. The normalized spacial score (nSPS) is 25.2. The summed E-state index contributed by atoms with van der Waals surface area (Å²) < 4.78 is 5.29. The average molecular weight is 244 g/mol. The van der Waals surface area contributed by atoms with E-state index < -0.39 is 36.4 Å². The molecule has 0 aliphatic carbocycles. The number of hydrogen-bond acceptors (Lipinski definition) is 4. The van der Waals surface area contributed by atoms with Crippen LogP contribution in [-0.2, 0) is 19.1 Å². The Kier molecular flexibility index (Phi) is 4.45. The largest absolute Gasteiger partial charge is 0.480 e. The van der Waals surface area contributed by atoms with Gasteiger partial charge in [0, 0.05) is 0 Å². The SMILES string of the molecule is CC1CCC(C(=O)NC(CC(N)=O)C(=O)O)O1. The molecule has 96 valence electrons. The predicted octanol–water partition coefficient (Wildman–Crippen LogP) is -1.00. The molecule has 7 nitrogen and oxygen atoms in total. The third kappa shape index (κ3) is 4.03. The number of carbonyl (C=O) groups excluding carboxylic acids is 2. The smallest absolute Gasteiger partial charge is 0.326 e. The molecule has 1 rings (SSSR count). The predicted molar refractivity (Wildman–Crippen MR) is 56.9 cm³/mol. The van der Waals surface area contributed by atoms with Crippen molar-refractivity contribution in [2.75, 3.05) is 0 Å². The van der Waals surface area contributed by atoms with Crippen LogP contribution >= 0.6 is 0 Å². The number of aliphatic carboxylic acids is 1. The van der Waals surface area contributed by atoms with E-state index in [2.05, 4.69) is 5.32 Å². The van der Waals surface area contributed by atoms with E-state index in [-0.39, 0.29) is 6.10 Å². The second-order valence-electron chi connectivity index (χ2n) is 4.08. The highest BCUT2D eigenvalue weighted by atomic mass is 16.5. The minimum Gasteiger partial charge on any atom is -0.480 e. The van der Waals surface area contributed by atoms with E-state index in [0.717, 1.165) is 6.42 Å². The van der Waals surface area contributed by atoms with Gasteiger partial charge in [0.05, 0.1) is 12.5 Å². The van der Waals surface area contributed by atoms with Gasteiger partial charge in [0.15, 0.2) is 0 Å². The van der Waals surface area contributed by atoms with Gasteiger partial charge in [0.25, 0.3) is 0 Å². The molecular weight excluding hydrogens is 228 g/mol. The average Bonchev–Trinajstić information content (AvgIpc) is 2.63. The van der Waals surface area contributed by atoms with Gasteiger partial charge in [0.2, 0.25) is 11.8 Å². The molecule has 4 N–H and O–H groups in total. The van der Waals surface area contributed by atoms with E-state index in [4.69, 9.17) is 15.6 Å². The van der Waals surface area contributed by atoms with Crippen LogP contribution in [0.3, 0.4) is 0 Å². The van der Waals surface area contributed by atoms with Crippen molar-refractivity contribution in [3.05, 3.63) is 0 Å². The maximum atomic E-state index is 11.6. The van der Waals surface area contributed by atoms with Gasteiger partial charge in [-0.25, -0.2) is 4.79 Å². The van der Waals surface area contributed by atoms with Gasteiger partial charge in [-0.15, -0.1) is 0 Å². The molecule has 1 saturated heterocycles. The Balaban J connectivity index is 2.52. The monoisotopic (exact) mass is 244 g/mol. The molecule has 0 saturated carbocycles. The summed E-state index contributed by atoms with van der Waals surface area (Å²) in [5.41, 5.74) is 4.90. The van der Waals surface area contributed by atoms with Gasteiger partial charge in [-0.3, -0.25) is 9.59 Å². The van der Waals surface area contributed by atoms with E-state index in [1.165, 1.54) is 0 Å². The van der Waals surface area contributed by atoms with Crippen LogP contribution in [0.1, 0.15) is 26.2 Å². The van der Waals surface area contributed by atoms with Gasteiger partial charge in [-0.05, 0) is 19.8 Å². The van der Waals surface area contributed by atoms with Gasteiger partial charge in [0.1, 0.15) is 12.1 Å². The van der Waals surface area contributed by atoms with Gasteiger partial charge in [-0.1, -0.05) is 0 Å². The van der Waals surface area contributed by atoms with Crippen LogP contribution in [0.25, 0.3) is 0 Å². The van der Waals surface area contributed by atoms with Crippen molar-refractivity contribution in [3.8, 4) is 0 Å². The summed E-state index contributed by atoms with van der Waals surface area (Å²) in [6, 6.07) is -1.29. The highest BCUT2D eigenvalue weighted by Gasteiger charge is 2.31. The van der Waals surface area contributed by atoms with Crippen molar-refractivity contribution in [3.63, 3.8) is 0 Å². The number of carbonyl (C=O) groups is 3. The Labute approximate surface area is 98.3 Å². The number of ether oxygens (including phenoxy) is 1. The topological polar surface area (TPSA) is 119 Å². The minimum atomic E-state index is -1.29. The second-order valence-corrected chi connectivity index (χ2v) is 4.08. The van der Waals surface area contributed by atoms with Crippen LogP contribution in [-0.4, -0.2) is 41.1 Å². The number of rotatable bonds is 5. The molecule has 0 bridgehead atoms. The van der Waals surface area contributed by atoms with E-state index in [1.54, 1.807) is 0 Å². The third-order valence-electron chi connectivity index (χ3n) is 2.54. The zero-order chi connectivity index (χ0) is 13.0. The van der Waals surface area contributed by atoms with Crippen molar-refractivity contribution in [2.24, 2.45) is 5.73 Å². The first-order chi connectivity index (χ1) is 7.90. The highest BCUT2D eigenvalue weighted by Crippen LogP contribution is 2.19. The van der Waals surface area contributed by atoms with E-state index in [1.807, 2.05) is 6.92 Å². The maximum Gasteiger partial charge on any atom is 0.326 e. The summed E-state index contributed by atoms with van der Waals surface area (Å²) in [6.45, 7) is 1.84. The minimum absolute atomic E-state index is 0.00910. The molecule has 17 heavy (non-hydrogen) atoms. The Bertz CT molecular complexity index is 331. The van der Waals surface area contributed by atoms with Crippen LogP contribution in [0, 0.1) is 0 Å². The van der Waals surface area contributed by atoms with Crippen LogP contribution in [0.15, 0.2) is 0 Å². The van der Waals surface area contributed by atoms with Crippen LogP contribution < -0.4 is 11.1 Å². The fourth-order valence-electron chi connectivity index (χ4n) is 1.66. The Morgan fingerprint density at radius 2 is 2.12 bits per heavy atom. The molecule has 0 aromatic rings. The van der Waals surface area contributed by atoms with Crippen molar-refractivity contribution >= 4 is 17.8 Å². The molecule has 0 aromatic heterocycles. The zero-order valence-electron chi connectivity index (χ0n) is 9.51. The molecule has 0 radical (unpaired) electrons. The Morgan fingerprint density at radius 1 is 1.47 bits per heavy atom. The molecule has 3 unspecified atom stereocenters. The summed E-state index contributed by atoms with van der Waals surface area (Å²) in [4.78, 5) is 33.1. The molecule has 2 amide bonds. The van der Waals surface area contributed by atoms with Crippen LogP contribution in [0.4, 0.5) is 0 Å². The molecule has 1 aliphatic heterocycles. The number of hydrogen-bond donors (Lipinski definition) is 3. The molecule has 0 spiro atoms. The number of amides is 2. The molecule has 1 aliphatic rings. The van der Waals surface area contributed by atoms with Gasteiger partial charge < -0.3 is 20.9 Å². The lowest BCUT2D eigenvalue weighted by atomic mass is 10.1. The highest BCUT2D eigenvalue weighted by molar-refractivity contribution is 5.89. The summed E-state index contributed by atoms with van der Waals surface area (Å²) in [5, 5.41) is 11.0. The second kappa shape index (κ2) is 5.62. The quantitative estimate of drug-likeness (QED) is 0.573. The first-order valence-corrected chi connectivity index (χ1v) is 5.37. The van der Waals surface area contributed by atoms with Gasteiger partial charge in [-0.2, -0.15) is 0 Å². The van der Waals surface area contributed by atoms with Crippen molar-refractivity contribution in [1.82, 2.24) is 5.32 Å². The van der Waals surface area contributed by atoms with E-state index >= 15 is 0 Å². The molecule has 3 atom stereocenters. The lowest BCUT2D eigenvalue weighted by molar-refractivity contribution is -0.145. The molecule has 1 heterocycles. The third-order valence-corrected chi connectivity index (χ3v) is 2.54. The van der Waals surface area contributed by atoms with Gasteiger partial charge >= 0.3 is 5.97 Å². The summed E-state index contributed by atoms with van der Waals surface area (Å²) in [7, 11) is 0. The number of carboxylic acids is 1. The van der Waals surface area contributed by atoms with E-state index in [0.29, 0.717) is 6.42 Å². The summed E-state index contributed by atoms with van der Waals surface area (Å²) in [6.07, 6.45) is 0.232. The van der Waals surface area contributed by atoms with Crippen molar-refractivity contribution in [1.29, 1.82) is 0 Å². The first kappa shape index (κ1) is 13.4. The lowest BCUT2D eigenvalue weighted by Crippen LogP contribution is -2.47. The Hall–Kier alpha value is -1.63. The lowest BCUT2D eigenvalue weighted by Gasteiger charge is -2.16. The number of nitrogens with two attached hydrogens (primary N) is 1. The van der Waals surface area contributed by atoms with Crippen molar-refractivity contribution < 1.29 is 24.2 Å². The fourth-order valence-corrected chi connectivity index (χ4v) is 1.66. The standard InChI is InChI=1S/C10H16N2O5/c1-5-2-3-7(17-5)9(14)12-6(10(15)16)4-8(11)13/h5-7H,2-4H2,1H3,(H2,11,13)(H,12,14)(H,15,16). The van der Waals surface area contributed by atoms with Crippen LogP contribution in [0.5, 0.6) is 0 Å². The zero-order valence-corrected chi connectivity index (χ0v) is 9.51. The number of carboxylic acid groups (broad SMARTS) is 1. The summed E-state index contributed by atoms with van der Waals surface area (Å²) >= 11 is 0.